The van der Waals surface area contributed by atoms with Crippen LogP contribution in [0.2, 0.25) is 0 Å². The average molecular weight is 706 g/mol. The van der Waals surface area contributed by atoms with Gasteiger partial charge in [-0.2, -0.15) is 0 Å². The maximum atomic E-state index is 12.2. The Labute approximate surface area is 290 Å². The number of aliphatic hydroxyl groups is 1. The lowest BCUT2D eigenvalue weighted by molar-refractivity contribution is -0.147. The van der Waals surface area contributed by atoms with E-state index in [9.17, 15) is 34.1 Å². The lowest BCUT2D eigenvalue weighted by atomic mass is 10.1. The van der Waals surface area contributed by atoms with Crippen LogP contribution in [0.5, 0.6) is 0 Å². The van der Waals surface area contributed by atoms with Gasteiger partial charge in [-0.15, -0.1) is 0 Å². The van der Waals surface area contributed by atoms with E-state index >= 15 is 0 Å². The van der Waals surface area contributed by atoms with Crippen LogP contribution in [0, 0.1) is 0 Å². The molecule has 12 heteroatoms. The van der Waals surface area contributed by atoms with Gasteiger partial charge in [0.2, 0.25) is 5.91 Å². The molecule has 3 unspecified atom stereocenters. The van der Waals surface area contributed by atoms with E-state index in [4.69, 9.17) is 13.8 Å². The number of amides is 1. The zero-order chi connectivity index (χ0) is 35.7. The first-order valence-corrected chi connectivity index (χ1v) is 20.2. The molecule has 11 nitrogen and oxygen atoms in total. The number of unbranched alkanes of at least 4 members (excludes halogenated alkanes) is 19. The summed E-state index contributed by atoms with van der Waals surface area (Å²) in [5.74, 6) is -2.38. The molecule has 0 aromatic heterocycles. The van der Waals surface area contributed by atoms with E-state index in [0.29, 0.717) is 12.8 Å². The molecule has 0 rings (SSSR count). The molecule has 0 aromatic rings. The fourth-order valence-electron chi connectivity index (χ4n) is 5.07. The first-order chi connectivity index (χ1) is 23.1. The number of carboxylic acids is 1. The number of aliphatic carboxylic acids is 1. The number of carbonyl (C=O) groups excluding carboxylic acids is 2. The van der Waals surface area contributed by atoms with Crippen molar-refractivity contribution < 1.29 is 47.8 Å². The van der Waals surface area contributed by atoms with Gasteiger partial charge in [0.1, 0.15) is 12.7 Å². The molecule has 0 aliphatic rings. The quantitative estimate of drug-likeness (QED) is 0.0217. The van der Waals surface area contributed by atoms with Crippen molar-refractivity contribution in [2.45, 2.75) is 180 Å². The third-order valence-electron chi connectivity index (χ3n) is 8.05. The summed E-state index contributed by atoms with van der Waals surface area (Å²) in [5.41, 5.74) is 0. The van der Waals surface area contributed by atoms with Gasteiger partial charge in [-0.25, -0.2) is 9.36 Å². The van der Waals surface area contributed by atoms with E-state index in [2.05, 4.69) is 31.3 Å². The Morgan fingerprint density at radius 2 is 1.08 bits per heavy atom. The summed E-state index contributed by atoms with van der Waals surface area (Å²) in [5, 5.41) is 21.7. The Kier molecular flexibility index (Phi) is 31.2. The zero-order valence-electron chi connectivity index (χ0n) is 30.0. The number of rotatable bonds is 35. The Hall–Kier alpha value is -1.78. The smallest absolute Gasteiger partial charge is 0.472 e. The molecule has 0 aliphatic carbocycles. The van der Waals surface area contributed by atoms with E-state index in [1.54, 1.807) is 0 Å². The van der Waals surface area contributed by atoms with Crippen molar-refractivity contribution >= 4 is 25.7 Å². The highest BCUT2D eigenvalue weighted by Gasteiger charge is 2.28. The molecule has 4 N–H and O–H groups in total. The van der Waals surface area contributed by atoms with E-state index in [1.165, 1.54) is 70.6 Å². The van der Waals surface area contributed by atoms with Crippen LogP contribution < -0.4 is 5.32 Å². The molecule has 1 amide bonds. The number of phosphoric ester groups is 1. The maximum absolute atomic E-state index is 12.2. The molecule has 0 bridgehead atoms. The molecule has 0 fully saturated rings. The second kappa shape index (κ2) is 32.4. The number of hydrogen-bond acceptors (Lipinski definition) is 8. The summed E-state index contributed by atoms with van der Waals surface area (Å²) in [6.07, 6.45) is 28.3. The minimum atomic E-state index is -4.74. The fraction of sp³-hybridized carbons (Fsp3) is 0.861. The molecule has 3 atom stereocenters. The van der Waals surface area contributed by atoms with Crippen molar-refractivity contribution in [2.75, 3.05) is 19.8 Å². The molecule has 282 valence electrons. The molecule has 0 saturated carbocycles. The number of esters is 1. The lowest BCUT2D eigenvalue weighted by Crippen LogP contribution is -2.43. The normalized spacial score (nSPS) is 14.1. The molecular formula is C36H68NO10P. The summed E-state index contributed by atoms with van der Waals surface area (Å²) in [4.78, 5) is 45.5. The highest BCUT2D eigenvalue weighted by molar-refractivity contribution is 7.47. The minimum Gasteiger partial charge on any atom is -0.480 e. The molecular weight excluding hydrogens is 637 g/mol. The van der Waals surface area contributed by atoms with Crippen molar-refractivity contribution in [3.05, 3.63) is 12.2 Å². The lowest BCUT2D eigenvalue weighted by Gasteiger charge is -2.18. The Bertz CT molecular complexity index is 885. The number of carboxylic acid groups (broad SMARTS) is 1. The van der Waals surface area contributed by atoms with Crippen molar-refractivity contribution in [1.82, 2.24) is 5.32 Å². The number of carbonyl (C=O) groups is 3. The van der Waals surface area contributed by atoms with E-state index < -0.39 is 57.6 Å². The third-order valence-corrected chi connectivity index (χ3v) is 9.01. The number of nitrogens with one attached hydrogen (secondary N) is 1. The molecule has 0 radical (unpaired) electrons. The molecule has 0 saturated heterocycles. The third kappa shape index (κ3) is 31.5. The van der Waals surface area contributed by atoms with Crippen molar-refractivity contribution in [3.63, 3.8) is 0 Å². The number of allylic oxidation sites excluding steroid dienone is 2. The second-order valence-corrected chi connectivity index (χ2v) is 14.2. The summed E-state index contributed by atoms with van der Waals surface area (Å²) >= 11 is 0. The predicted molar refractivity (Wildman–Crippen MR) is 190 cm³/mol. The molecule has 0 spiro atoms. The zero-order valence-corrected chi connectivity index (χ0v) is 30.9. The minimum absolute atomic E-state index is 0.148. The monoisotopic (exact) mass is 705 g/mol. The van der Waals surface area contributed by atoms with Crippen molar-refractivity contribution in [2.24, 2.45) is 0 Å². The van der Waals surface area contributed by atoms with Gasteiger partial charge in [0.25, 0.3) is 0 Å². The van der Waals surface area contributed by atoms with Crippen LogP contribution in [0.25, 0.3) is 0 Å². The van der Waals surface area contributed by atoms with Gasteiger partial charge in [-0.1, -0.05) is 129 Å². The van der Waals surface area contributed by atoms with Gasteiger partial charge in [-0.3, -0.25) is 18.6 Å². The predicted octanol–water partition coefficient (Wildman–Crippen LogP) is 8.55. The SMILES string of the molecule is CCCCCCCC/C=C\CCCCCCCC(=O)OCC(O)COP(=O)(O)OCC(NC(=O)CCCCCCCCCCC)C(=O)O. The standard InChI is InChI=1S/C36H68NO10P/c1-3-5-7-9-11-13-14-15-16-17-18-20-22-24-26-28-35(40)45-29-32(38)30-46-48(43,44)47-31-33(36(41)42)37-34(39)27-25-23-21-19-12-10-8-6-4-2/h15-16,32-33,38H,3-14,17-31H2,1-2H3,(H,37,39)(H,41,42)(H,43,44)/b16-15-. The van der Waals surface area contributed by atoms with Crippen LogP contribution >= 0.6 is 7.82 Å². The van der Waals surface area contributed by atoms with Crippen LogP contribution in [0.3, 0.4) is 0 Å². The number of ether oxygens (including phenoxy) is 1. The van der Waals surface area contributed by atoms with E-state index in [0.717, 1.165) is 57.8 Å². The Balaban J connectivity index is 3.95. The summed E-state index contributed by atoms with van der Waals surface area (Å²) in [6.45, 7) is 2.52. The van der Waals surface area contributed by atoms with Gasteiger partial charge in [0, 0.05) is 12.8 Å². The van der Waals surface area contributed by atoms with Crippen LogP contribution in [0.1, 0.15) is 168 Å². The highest BCUT2D eigenvalue weighted by atomic mass is 31.2. The first kappa shape index (κ1) is 46.2. The highest BCUT2D eigenvalue weighted by Crippen LogP contribution is 2.43. The van der Waals surface area contributed by atoms with E-state index in [-0.39, 0.29) is 12.8 Å². The molecule has 0 aliphatic heterocycles. The number of phosphoric acid groups is 1. The molecule has 0 aromatic carbocycles. The van der Waals surface area contributed by atoms with Crippen molar-refractivity contribution in [1.29, 1.82) is 0 Å². The molecule has 0 heterocycles. The topological polar surface area (TPSA) is 169 Å². The Morgan fingerprint density at radius 1 is 0.646 bits per heavy atom. The maximum Gasteiger partial charge on any atom is 0.472 e. The Morgan fingerprint density at radius 3 is 1.58 bits per heavy atom. The number of aliphatic hydroxyl groups excluding tert-OH is 1. The molecule has 48 heavy (non-hydrogen) atoms. The van der Waals surface area contributed by atoms with E-state index in [1.807, 2.05) is 0 Å². The van der Waals surface area contributed by atoms with Crippen LogP contribution in [-0.4, -0.2) is 64.9 Å². The van der Waals surface area contributed by atoms with Crippen LogP contribution in [0.15, 0.2) is 12.2 Å². The van der Waals surface area contributed by atoms with Gasteiger partial charge in [-0.05, 0) is 38.5 Å². The average Bonchev–Trinajstić information content (AvgIpc) is 3.05. The van der Waals surface area contributed by atoms with Gasteiger partial charge in [0.15, 0.2) is 6.04 Å². The van der Waals surface area contributed by atoms with Crippen LogP contribution in [-0.2, 0) is 32.7 Å². The fourth-order valence-corrected chi connectivity index (χ4v) is 5.85. The van der Waals surface area contributed by atoms with Gasteiger partial charge < -0.3 is 25.2 Å². The summed E-state index contributed by atoms with van der Waals surface area (Å²) in [7, 11) is -4.74. The van der Waals surface area contributed by atoms with Crippen LogP contribution in [0.4, 0.5) is 0 Å². The van der Waals surface area contributed by atoms with Gasteiger partial charge >= 0.3 is 19.8 Å². The number of hydrogen-bond donors (Lipinski definition) is 4. The van der Waals surface area contributed by atoms with Gasteiger partial charge in [0.05, 0.1) is 13.2 Å². The first-order valence-electron chi connectivity index (χ1n) is 18.7. The van der Waals surface area contributed by atoms with Crippen molar-refractivity contribution in [3.8, 4) is 0 Å². The second-order valence-electron chi connectivity index (χ2n) is 12.8. The summed E-state index contributed by atoms with van der Waals surface area (Å²) < 4.78 is 26.7. The largest absolute Gasteiger partial charge is 0.480 e. The summed E-state index contributed by atoms with van der Waals surface area (Å²) in [6, 6.07) is -1.54.